The smallest absolute Gasteiger partial charge is 0.331 e. The van der Waals surface area contributed by atoms with Crippen LogP contribution < -0.4 is 10.1 Å². The molecular weight excluding hydrogens is 390 g/mol. The largest absolute Gasteiger partial charge is 0.491 e. The second kappa shape index (κ2) is 11.0. The van der Waals surface area contributed by atoms with Crippen LogP contribution in [0.2, 0.25) is 0 Å². The van der Waals surface area contributed by atoms with Gasteiger partial charge in [0.25, 0.3) is 0 Å². The maximum Gasteiger partial charge on any atom is 0.331 e. The van der Waals surface area contributed by atoms with Gasteiger partial charge >= 0.3 is 5.97 Å². The molecule has 0 saturated heterocycles. The fraction of sp³-hybridized carbons (Fsp3) is 0.423. The van der Waals surface area contributed by atoms with Gasteiger partial charge in [0.15, 0.2) is 0 Å². The fourth-order valence-corrected chi connectivity index (χ4v) is 4.08. The third-order valence-electron chi connectivity index (χ3n) is 5.58. The topological polar surface area (TPSA) is 67.8 Å². The highest BCUT2D eigenvalue weighted by atomic mass is 16.5. The molecule has 0 spiro atoms. The summed E-state index contributed by atoms with van der Waals surface area (Å²) in [5, 5.41) is 13.0. The van der Waals surface area contributed by atoms with E-state index in [-0.39, 0.29) is 5.92 Å². The van der Waals surface area contributed by atoms with Crippen molar-refractivity contribution in [3.05, 3.63) is 64.7 Å². The molecule has 5 nitrogen and oxygen atoms in total. The van der Waals surface area contributed by atoms with Crippen molar-refractivity contribution in [2.75, 3.05) is 31.7 Å². The van der Waals surface area contributed by atoms with E-state index in [1.165, 1.54) is 11.1 Å². The van der Waals surface area contributed by atoms with Gasteiger partial charge in [-0.15, -0.1) is 0 Å². The number of hydrogen-bond donors (Lipinski definition) is 2. The van der Waals surface area contributed by atoms with Gasteiger partial charge in [-0.25, -0.2) is 4.79 Å². The zero-order valence-corrected chi connectivity index (χ0v) is 18.7. The molecule has 1 unspecified atom stereocenters. The molecule has 2 aromatic rings. The van der Waals surface area contributed by atoms with E-state index < -0.39 is 5.97 Å². The highest BCUT2D eigenvalue weighted by Crippen LogP contribution is 2.35. The Kier molecular flexibility index (Phi) is 8.13. The van der Waals surface area contributed by atoms with Crippen LogP contribution in [0.15, 0.2) is 48.0 Å². The van der Waals surface area contributed by atoms with E-state index in [2.05, 4.69) is 49.5 Å². The number of carboxylic acid groups (broad SMARTS) is 1. The molecule has 0 aromatic heterocycles. The first-order valence-electron chi connectivity index (χ1n) is 11.1. The zero-order chi connectivity index (χ0) is 22.2. The Morgan fingerprint density at radius 1 is 1.10 bits per heavy atom. The van der Waals surface area contributed by atoms with E-state index in [0.717, 1.165) is 30.0 Å². The first kappa shape index (κ1) is 22.9. The average Bonchev–Trinajstić information content (AvgIpc) is 2.73. The van der Waals surface area contributed by atoms with Crippen LogP contribution in [-0.4, -0.2) is 37.4 Å². The van der Waals surface area contributed by atoms with Crippen molar-refractivity contribution < 1.29 is 19.4 Å². The summed E-state index contributed by atoms with van der Waals surface area (Å²) in [6.07, 6.45) is 3.21. The first-order valence-corrected chi connectivity index (χ1v) is 11.1. The molecule has 0 amide bonds. The van der Waals surface area contributed by atoms with E-state index in [0.29, 0.717) is 37.7 Å². The van der Waals surface area contributed by atoms with Crippen LogP contribution in [-0.2, 0) is 9.53 Å². The number of carboxylic acids is 1. The van der Waals surface area contributed by atoms with Crippen LogP contribution in [0.1, 0.15) is 56.2 Å². The maximum absolute atomic E-state index is 11.6. The average molecular weight is 424 g/mol. The predicted octanol–water partition coefficient (Wildman–Crippen LogP) is 5.56. The van der Waals surface area contributed by atoms with Gasteiger partial charge in [-0.05, 0) is 72.7 Å². The number of hydrogen-bond acceptors (Lipinski definition) is 4. The zero-order valence-electron chi connectivity index (χ0n) is 18.7. The van der Waals surface area contributed by atoms with Crippen molar-refractivity contribution >= 4 is 17.7 Å². The molecular formula is C26H33NO4. The molecule has 31 heavy (non-hydrogen) atoms. The highest BCUT2D eigenvalue weighted by molar-refractivity contribution is 5.93. The normalized spacial score (nSPS) is 16.3. The molecule has 166 valence electrons. The molecule has 0 radical (unpaired) electrons. The third-order valence-corrected chi connectivity index (χ3v) is 5.58. The van der Waals surface area contributed by atoms with E-state index >= 15 is 0 Å². The molecule has 0 fully saturated rings. The van der Waals surface area contributed by atoms with Gasteiger partial charge < -0.3 is 19.9 Å². The predicted molar refractivity (Wildman–Crippen MR) is 125 cm³/mol. The monoisotopic (exact) mass is 423 g/mol. The van der Waals surface area contributed by atoms with Crippen molar-refractivity contribution in [3.8, 4) is 5.75 Å². The third kappa shape index (κ3) is 6.11. The molecule has 5 heteroatoms. The van der Waals surface area contributed by atoms with Crippen molar-refractivity contribution in [1.29, 1.82) is 0 Å². The summed E-state index contributed by atoms with van der Waals surface area (Å²) in [7, 11) is 0. The van der Waals surface area contributed by atoms with Crippen LogP contribution in [0, 0.1) is 5.92 Å². The SMILES string of the molecule is CCOCCOc1ccc(C(c2ccc3c(c2)/C=C(/C(=O)O)CCCN3)C(C)C)cc1. The van der Waals surface area contributed by atoms with Crippen molar-refractivity contribution in [3.63, 3.8) is 0 Å². The fourth-order valence-electron chi connectivity index (χ4n) is 4.08. The number of rotatable bonds is 9. The van der Waals surface area contributed by atoms with E-state index in [1.807, 2.05) is 25.1 Å². The molecule has 1 aliphatic rings. The second-order valence-corrected chi connectivity index (χ2v) is 8.19. The molecule has 3 rings (SSSR count). The Labute approximate surface area is 185 Å². The van der Waals surface area contributed by atoms with Crippen molar-refractivity contribution in [1.82, 2.24) is 0 Å². The van der Waals surface area contributed by atoms with Gasteiger partial charge in [0.2, 0.25) is 0 Å². The van der Waals surface area contributed by atoms with Gasteiger partial charge in [-0.2, -0.15) is 0 Å². The van der Waals surface area contributed by atoms with Crippen LogP contribution in [0.4, 0.5) is 5.69 Å². The standard InChI is InChI=1S/C26H33NO4/c1-4-30-14-15-31-23-10-7-19(8-11-23)25(18(2)3)20-9-12-24-22(16-20)17-21(26(28)29)6-5-13-27-24/h7-12,16-18,25,27H,4-6,13-15H2,1-3H3,(H,28,29)/b21-17+. The molecule has 0 saturated carbocycles. The molecule has 1 atom stereocenters. The lowest BCUT2D eigenvalue weighted by atomic mass is 9.81. The number of ether oxygens (including phenoxy) is 2. The Balaban J connectivity index is 1.87. The quantitative estimate of drug-likeness (QED) is 0.517. The minimum atomic E-state index is -0.835. The van der Waals surface area contributed by atoms with Crippen molar-refractivity contribution in [2.45, 2.75) is 39.5 Å². The van der Waals surface area contributed by atoms with Gasteiger partial charge in [-0.1, -0.05) is 32.0 Å². The minimum absolute atomic E-state index is 0.204. The molecule has 2 aromatic carbocycles. The minimum Gasteiger partial charge on any atom is -0.491 e. The van der Waals surface area contributed by atoms with Crippen molar-refractivity contribution in [2.24, 2.45) is 5.92 Å². The Morgan fingerprint density at radius 2 is 1.84 bits per heavy atom. The summed E-state index contributed by atoms with van der Waals surface area (Å²) >= 11 is 0. The first-order chi connectivity index (χ1) is 15.0. The lowest BCUT2D eigenvalue weighted by molar-refractivity contribution is -0.132. The lowest BCUT2D eigenvalue weighted by Gasteiger charge is -2.24. The van der Waals surface area contributed by atoms with E-state index in [1.54, 1.807) is 0 Å². The number of anilines is 1. The van der Waals surface area contributed by atoms with E-state index in [9.17, 15) is 9.90 Å². The van der Waals surface area contributed by atoms with E-state index in [4.69, 9.17) is 9.47 Å². The summed E-state index contributed by atoms with van der Waals surface area (Å²) in [5.74, 6) is 0.586. The summed E-state index contributed by atoms with van der Waals surface area (Å²) in [5.41, 5.74) is 4.80. The molecule has 2 N–H and O–H groups in total. The molecule has 1 heterocycles. The van der Waals surface area contributed by atoms with Gasteiger partial charge in [0.1, 0.15) is 12.4 Å². The lowest BCUT2D eigenvalue weighted by Crippen LogP contribution is -2.12. The Hall–Kier alpha value is -2.79. The number of carbonyl (C=O) groups is 1. The van der Waals surface area contributed by atoms with Gasteiger partial charge in [0, 0.05) is 30.3 Å². The van der Waals surface area contributed by atoms with Crippen LogP contribution >= 0.6 is 0 Å². The number of nitrogens with one attached hydrogen (secondary N) is 1. The van der Waals surface area contributed by atoms with Gasteiger partial charge in [0.05, 0.1) is 6.61 Å². The summed E-state index contributed by atoms with van der Waals surface area (Å²) < 4.78 is 11.1. The Bertz CT molecular complexity index is 902. The maximum atomic E-state index is 11.6. The highest BCUT2D eigenvalue weighted by Gasteiger charge is 2.20. The molecule has 0 aliphatic carbocycles. The second-order valence-electron chi connectivity index (χ2n) is 8.19. The molecule has 0 bridgehead atoms. The van der Waals surface area contributed by atoms with Crippen LogP contribution in [0.5, 0.6) is 5.75 Å². The molecule has 1 aliphatic heterocycles. The summed E-state index contributed by atoms with van der Waals surface area (Å²) in [6, 6.07) is 14.6. The van der Waals surface area contributed by atoms with Crippen LogP contribution in [0.3, 0.4) is 0 Å². The Morgan fingerprint density at radius 3 is 2.52 bits per heavy atom. The van der Waals surface area contributed by atoms with Gasteiger partial charge in [-0.3, -0.25) is 0 Å². The summed E-state index contributed by atoms with van der Waals surface area (Å²) in [6.45, 7) is 8.99. The number of fused-ring (bicyclic) bond motifs is 1. The number of aliphatic carboxylic acids is 1. The summed E-state index contributed by atoms with van der Waals surface area (Å²) in [4.78, 5) is 11.6. The number of benzene rings is 2. The van der Waals surface area contributed by atoms with Crippen LogP contribution in [0.25, 0.3) is 6.08 Å².